The molecule has 0 saturated carbocycles. The molecule has 228 valence electrons. The van der Waals surface area contributed by atoms with Crippen molar-refractivity contribution in [3.63, 3.8) is 0 Å². The summed E-state index contributed by atoms with van der Waals surface area (Å²) >= 11 is 0. The first-order chi connectivity index (χ1) is 21.1. The maximum absolute atomic E-state index is 14.3. The predicted molar refractivity (Wildman–Crippen MR) is 159 cm³/mol. The average Bonchev–Trinajstić information content (AvgIpc) is 3.01. The molecule has 0 spiro atoms. The maximum Gasteiger partial charge on any atom is 0.333 e. The van der Waals surface area contributed by atoms with Crippen molar-refractivity contribution in [1.29, 1.82) is 0 Å². The number of ether oxygens (including phenoxy) is 2. The third kappa shape index (κ3) is 5.61. The molecule has 1 saturated heterocycles. The van der Waals surface area contributed by atoms with Crippen molar-refractivity contribution in [2.45, 2.75) is 17.7 Å². The lowest BCUT2D eigenvalue weighted by atomic mass is 9.92. The number of rotatable bonds is 7. The van der Waals surface area contributed by atoms with Gasteiger partial charge in [0.05, 0.1) is 26.0 Å². The molecule has 4 aromatic rings. The number of pyridine rings is 1. The molecular weight excluding hydrogens is 596 g/mol. The Hall–Kier alpha value is -4.82. The quantitative estimate of drug-likeness (QED) is 0.321. The highest BCUT2D eigenvalue weighted by atomic mass is 32.2. The number of aromatic nitrogens is 3. The highest BCUT2D eigenvalue weighted by Gasteiger charge is 2.25. The van der Waals surface area contributed by atoms with E-state index < -0.39 is 37.8 Å². The number of nitrogens with one attached hydrogen (secondary N) is 2. The van der Waals surface area contributed by atoms with Gasteiger partial charge in [-0.25, -0.2) is 31.5 Å². The molecule has 2 N–H and O–H groups in total. The number of anilines is 2. The topological polar surface area (TPSA) is 136 Å². The highest BCUT2D eigenvalue weighted by molar-refractivity contribution is 7.92. The van der Waals surface area contributed by atoms with Crippen molar-refractivity contribution in [2.24, 2.45) is 0 Å². The number of fused-ring (bicyclic) bond motifs is 1. The fraction of sp³-hybridized carbons (Fsp3) is 0.233. The van der Waals surface area contributed by atoms with Gasteiger partial charge in [-0.3, -0.25) is 9.52 Å². The summed E-state index contributed by atoms with van der Waals surface area (Å²) < 4.78 is 67.6. The summed E-state index contributed by atoms with van der Waals surface area (Å²) in [6.45, 7) is 2.57. The van der Waals surface area contributed by atoms with Gasteiger partial charge >= 0.3 is 5.69 Å². The minimum Gasteiger partial charge on any atom is -0.480 e. The number of nitrogens with zero attached hydrogens (tertiary/aromatic N) is 3. The van der Waals surface area contributed by atoms with Crippen LogP contribution in [-0.2, 0) is 27.6 Å². The zero-order valence-corrected chi connectivity index (χ0v) is 24.3. The zero-order valence-electron chi connectivity index (χ0n) is 23.5. The molecule has 3 heterocycles. The van der Waals surface area contributed by atoms with Gasteiger partial charge in [-0.05, 0) is 47.5 Å². The molecule has 1 fully saturated rings. The first-order valence-electron chi connectivity index (χ1n) is 13.7. The number of methoxy groups -OCH3 is 1. The van der Waals surface area contributed by atoms with Crippen LogP contribution in [0, 0.1) is 11.6 Å². The van der Waals surface area contributed by atoms with Crippen molar-refractivity contribution < 1.29 is 26.7 Å². The summed E-state index contributed by atoms with van der Waals surface area (Å²) in [5.41, 5.74) is 2.18. The van der Waals surface area contributed by atoms with E-state index in [9.17, 15) is 26.8 Å². The number of hydrogen-bond donors (Lipinski definition) is 2. The van der Waals surface area contributed by atoms with Crippen LogP contribution in [0.5, 0.6) is 5.88 Å². The fourth-order valence-corrected chi connectivity index (χ4v) is 6.43. The van der Waals surface area contributed by atoms with E-state index in [4.69, 9.17) is 9.47 Å². The van der Waals surface area contributed by atoms with Crippen molar-refractivity contribution in [2.75, 3.05) is 43.0 Å². The van der Waals surface area contributed by atoms with Crippen molar-refractivity contribution in [3.05, 3.63) is 110 Å². The molecule has 1 aliphatic carbocycles. The average molecular weight is 624 g/mol. The molecule has 0 unspecified atom stereocenters. The second-order valence-electron chi connectivity index (χ2n) is 10.2. The van der Waals surface area contributed by atoms with Crippen LogP contribution in [-0.4, -0.2) is 56.4 Å². The standard InChI is InChI=1S/C30H27F2N5O6S/c1-42-28-26(35-44(40,41)27-8-6-20(31)15-24(27)32)14-19(17-33-28)18-5-7-25-23(13-18)29(38)37(30(39)34-25)22-4-2-3-21(16-22)36-9-11-43-12-10-36/h2-6,8,14-17,35H,7,9-13H2,1H3,(H,34,39). The van der Waals surface area contributed by atoms with Gasteiger partial charge in [-0.15, -0.1) is 0 Å². The van der Waals surface area contributed by atoms with Crippen LogP contribution in [0.2, 0.25) is 0 Å². The molecule has 0 bridgehead atoms. The number of H-pyrrole nitrogens is 1. The van der Waals surface area contributed by atoms with Gasteiger partial charge in [0.1, 0.15) is 22.2 Å². The normalized spacial score (nSPS) is 15.0. The lowest BCUT2D eigenvalue weighted by Gasteiger charge is -2.29. The Kier molecular flexibility index (Phi) is 7.78. The first kappa shape index (κ1) is 29.3. The minimum absolute atomic E-state index is 0.0801. The third-order valence-corrected chi connectivity index (χ3v) is 8.91. The largest absolute Gasteiger partial charge is 0.480 e. The first-order valence-corrected chi connectivity index (χ1v) is 15.1. The highest BCUT2D eigenvalue weighted by Crippen LogP contribution is 2.32. The lowest BCUT2D eigenvalue weighted by molar-refractivity contribution is 0.122. The number of hydrogen-bond acceptors (Lipinski definition) is 8. The van der Waals surface area contributed by atoms with Gasteiger partial charge in [0.15, 0.2) is 0 Å². The summed E-state index contributed by atoms with van der Waals surface area (Å²) in [6, 6.07) is 10.8. The zero-order chi connectivity index (χ0) is 31.0. The van der Waals surface area contributed by atoms with E-state index in [-0.39, 0.29) is 24.4 Å². The monoisotopic (exact) mass is 623 g/mol. The molecule has 1 aliphatic heterocycles. The number of halogens is 2. The smallest absolute Gasteiger partial charge is 0.333 e. The van der Waals surface area contributed by atoms with E-state index in [1.54, 1.807) is 18.2 Å². The number of aromatic amines is 1. The van der Waals surface area contributed by atoms with E-state index in [2.05, 4.69) is 19.6 Å². The molecule has 2 aromatic carbocycles. The Bertz CT molecular complexity index is 2020. The van der Waals surface area contributed by atoms with Crippen LogP contribution >= 0.6 is 0 Å². The van der Waals surface area contributed by atoms with Gasteiger partial charge in [-0.1, -0.05) is 12.1 Å². The molecule has 0 amide bonds. The molecule has 14 heteroatoms. The minimum atomic E-state index is -4.48. The molecule has 44 heavy (non-hydrogen) atoms. The number of benzene rings is 2. The van der Waals surface area contributed by atoms with Gasteiger partial charge < -0.3 is 19.4 Å². The summed E-state index contributed by atoms with van der Waals surface area (Å²) in [5, 5.41) is 0. The van der Waals surface area contributed by atoms with Gasteiger partial charge in [0.25, 0.3) is 15.6 Å². The number of allylic oxidation sites excluding steroid dienone is 2. The summed E-state index contributed by atoms with van der Waals surface area (Å²) in [5.74, 6) is -2.26. The van der Waals surface area contributed by atoms with E-state index in [1.165, 1.54) is 19.4 Å². The fourth-order valence-electron chi connectivity index (χ4n) is 5.32. The SMILES string of the molecule is COc1ncc(C2=CCc3[nH]c(=O)n(-c4cccc(N5CCOCC5)c4)c(=O)c3C2)cc1NS(=O)(=O)c1ccc(F)cc1F. The second kappa shape index (κ2) is 11.7. The maximum atomic E-state index is 14.3. The molecule has 2 aliphatic rings. The summed E-state index contributed by atoms with van der Waals surface area (Å²) in [7, 11) is -3.19. The Morgan fingerprint density at radius 1 is 1.05 bits per heavy atom. The van der Waals surface area contributed by atoms with Crippen LogP contribution in [0.1, 0.15) is 16.8 Å². The van der Waals surface area contributed by atoms with E-state index >= 15 is 0 Å². The van der Waals surface area contributed by atoms with E-state index in [1.807, 2.05) is 12.1 Å². The lowest BCUT2D eigenvalue weighted by Crippen LogP contribution is -2.39. The molecular formula is C30H27F2N5O6S. The Balaban J connectivity index is 1.32. The molecule has 2 aromatic heterocycles. The van der Waals surface area contributed by atoms with Crippen molar-refractivity contribution >= 4 is 27.0 Å². The summed E-state index contributed by atoms with van der Waals surface area (Å²) in [6.07, 6.45) is 3.64. The van der Waals surface area contributed by atoms with E-state index in [0.29, 0.717) is 60.5 Å². The molecule has 11 nitrogen and oxygen atoms in total. The van der Waals surface area contributed by atoms with Gasteiger partial charge in [0, 0.05) is 55.1 Å². The second-order valence-corrected chi connectivity index (χ2v) is 11.9. The van der Waals surface area contributed by atoms with Crippen LogP contribution in [0.4, 0.5) is 20.2 Å². The van der Waals surface area contributed by atoms with Crippen LogP contribution in [0.15, 0.2) is 75.3 Å². The third-order valence-electron chi connectivity index (χ3n) is 7.51. The molecule has 0 atom stereocenters. The van der Waals surface area contributed by atoms with Crippen LogP contribution in [0.3, 0.4) is 0 Å². The molecule has 0 radical (unpaired) electrons. The van der Waals surface area contributed by atoms with Gasteiger partial charge in [-0.2, -0.15) is 0 Å². The Morgan fingerprint density at radius 2 is 1.82 bits per heavy atom. The van der Waals surface area contributed by atoms with E-state index in [0.717, 1.165) is 22.4 Å². The van der Waals surface area contributed by atoms with Crippen molar-refractivity contribution in [3.8, 4) is 11.6 Å². The summed E-state index contributed by atoms with van der Waals surface area (Å²) in [4.78, 5) is 35.2. The predicted octanol–water partition coefficient (Wildman–Crippen LogP) is 3.03. The number of morpholine rings is 1. The van der Waals surface area contributed by atoms with Gasteiger partial charge in [0.2, 0.25) is 5.88 Å². The van der Waals surface area contributed by atoms with Crippen molar-refractivity contribution in [1.82, 2.24) is 14.5 Å². The Morgan fingerprint density at radius 3 is 2.57 bits per heavy atom. The molecule has 6 rings (SSSR count). The van der Waals surface area contributed by atoms with Crippen LogP contribution < -0.4 is 25.6 Å². The van der Waals surface area contributed by atoms with Crippen LogP contribution in [0.25, 0.3) is 11.3 Å². The Labute approximate surface area is 250 Å². The number of sulfonamides is 1.